The summed E-state index contributed by atoms with van der Waals surface area (Å²) < 4.78 is 0. The fraction of sp³-hybridized carbons (Fsp3) is 0.818. The van der Waals surface area contributed by atoms with Crippen molar-refractivity contribution in [3.05, 3.63) is 12.2 Å². The highest BCUT2D eigenvalue weighted by molar-refractivity contribution is 5.33. The van der Waals surface area contributed by atoms with Crippen molar-refractivity contribution in [1.82, 2.24) is 0 Å². The summed E-state index contributed by atoms with van der Waals surface area (Å²) in [6.07, 6.45) is 4.71. The minimum Gasteiger partial charge on any atom is -0.0766 e. The molecule has 0 N–H and O–H groups in total. The molecule has 0 aliphatic heterocycles. The molecule has 0 aromatic heterocycles. The van der Waals surface area contributed by atoms with Crippen LogP contribution in [0.15, 0.2) is 12.2 Å². The highest BCUT2D eigenvalue weighted by Gasteiger charge is 2.53. The lowest BCUT2D eigenvalue weighted by Crippen LogP contribution is -2.35. The smallest absolute Gasteiger partial charge is 0.0159 e. The molecule has 0 saturated heterocycles. The third-order valence-electron chi connectivity index (χ3n) is 2.98. The van der Waals surface area contributed by atoms with E-state index in [0.717, 1.165) is 0 Å². The molecule has 0 heteroatoms. The van der Waals surface area contributed by atoms with E-state index in [-0.39, 0.29) is 0 Å². The molecule has 0 unspecified atom stereocenters. The van der Waals surface area contributed by atoms with Crippen LogP contribution in [0.1, 0.15) is 41.5 Å². The Bertz CT molecular complexity index is 161. The molecule has 1 aliphatic carbocycles. The van der Waals surface area contributed by atoms with E-state index in [1.807, 2.05) is 0 Å². The molecule has 0 aromatic rings. The molecule has 0 atom stereocenters. The van der Waals surface area contributed by atoms with E-state index >= 15 is 0 Å². The third kappa shape index (κ3) is 1.13. The first-order chi connectivity index (χ1) is 4.71. The van der Waals surface area contributed by atoms with Crippen molar-refractivity contribution in [2.45, 2.75) is 41.5 Å². The van der Waals surface area contributed by atoms with Gasteiger partial charge in [0, 0.05) is 5.41 Å². The van der Waals surface area contributed by atoms with Crippen LogP contribution < -0.4 is 0 Å². The van der Waals surface area contributed by atoms with Crippen LogP contribution in [-0.2, 0) is 0 Å². The van der Waals surface area contributed by atoms with Gasteiger partial charge >= 0.3 is 0 Å². The zero-order chi connectivity index (χ0) is 8.91. The van der Waals surface area contributed by atoms with Crippen molar-refractivity contribution < 1.29 is 0 Å². The number of allylic oxidation sites excluding steroid dienone is 2. The van der Waals surface area contributed by atoms with Gasteiger partial charge in [0.15, 0.2) is 0 Å². The molecule has 1 rings (SSSR count). The van der Waals surface area contributed by atoms with E-state index < -0.39 is 0 Å². The minimum absolute atomic E-state index is 0.375. The van der Waals surface area contributed by atoms with Crippen LogP contribution in [-0.4, -0.2) is 0 Å². The molecule has 0 nitrogen and oxygen atoms in total. The van der Waals surface area contributed by atoms with Gasteiger partial charge < -0.3 is 0 Å². The van der Waals surface area contributed by atoms with E-state index in [2.05, 4.69) is 53.7 Å². The summed E-state index contributed by atoms with van der Waals surface area (Å²) in [5.74, 6) is 0. The highest BCUT2D eigenvalue weighted by Crippen LogP contribution is 2.61. The maximum Gasteiger partial charge on any atom is 0.0159 e. The zero-order valence-corrected chi connectivity index (χ0v) is 8.65. The van der Waals surface area contributed by atoms with Crippen molar-refractivity contribution in [2.75, 3.05) is 0 Å². The van der Waals surface area contributed by atoms with Gasteiger partial charge in [0.05, 0.1) is 0 Å². The average molecular weight is 152 g/mol. The summed E-state index contributed by atoms with van der Waals surface area (Å²) in [5.41, 5.74) is 1.14. The Balaban J connectivity index is 2.86. The fourth-order valence-corrected chi connectivity index (χ4v) is 2.21. The molecule has 0 fully saturated rings. The number of hydrogen-bond acceptors (Lipinski definition) is 0. The lowest BCUT2D eigenvalue weighted by molar-refractivity contribution is 0.103. The summed E-state index contributed by atoms with van der Waals surface area (Å²) in [7, 11) is 0. The normalized spacial score (nSPS) is 22.0. The van der Waals surface area contributed by atoms with Gasteiger partial charge in [-0.1, -0.05) is 53.7 Å². The van der Waals surface area contributed by atoms with Crippen molar-refractivity contribution in [3.63, 3.8) is 0 Å². The molecule has 0 aromatic carbocycles. The second-order valence-corrected chi connectivity index (χ2v) is 5.70. The zero-order valence-electron chi connectivity index (χ0n) is 8.65. The highest BCUT2D eigenvalue weighted by atomic mass is 14.6. The number of rotatable bonds is 0. The minimum atomic E-state index is 0.375. The van der Waals surface area contributed by atoms with Crippen molar-refractivity contribution >= 4 is 0 Å². The standard InChI is InChI=1S/C11H20/c1-9(2,3)11(7-8-11)10(4,5)6/h7-8H,1-6H3. The maximum absolute atomic E-state index is 2.35. The third-order valence-corrected chi connectivity index (χ3v) is 2.98. The maximum atomic E-state index is 2.35. The van der Waals surface area contributed by atoms with Crippen LogP contribution >= 0.6 is 0 Å². The van der Waals surface area contributed by atoms with Crippen LogP contribution in [0.5, 0.6) is 0 Å². The number of hydrogen-bond donors (Lipinski definition) is 0. The molecule has 0 bridgehead atoms. The van der Waals surface area contributed by atoms with Gasteiger partial charge in [0.1, 0.15) is 0 Å². The van der Waals surface area contributed by atoms with Crippen molar-refractivity contribution in [1.29, 1.82) is 0 Å². The molecule has 0 heterocycles. The molecular weight excluding hydrogens is 132 g/mol. The Morgan fingerprint density at radius 1 is 0.727 bits per heavy atom. The first-order valence-corrected chi connectivity index (χ1v) is 4.41. The quantitative estimate of drug-likeness (QED) is 0.465. The molecule has 1 aliphatic rings. The predicted octanol–water partition coefficient (Wildman–Crippen LogP) is 3.63. The Labute approximate surface area is 70.7 Å². The second-order valence-electron chi connectivity index (χ2n) is 5.70. The van der Waals surface area contributed by atoms with E-state index in [0.29, 0.717) is 16.2 Å². The Morgan fingerprint density at radius 2 is 1.00 bits per heavy atom. The van der Waals surface area contributed by atoms with E-state index in [4.69, 9.17) is 0 Å². The van der Waals surface area contributed by atoms with Gasteiger partial charge in [-0.2, -0.15) is 0 Å². The van der Waals surface area contributed by atoms with Gasteiger partial charge in [-0.3, -0.25) is 0 Å². The lowest BCUT2D eigenvalue weighted by atomic mass is 9.62. The van der Waals surface area contributed by atoms with Crippen LogP contribution in [0, 0.1) is 16.2 Å². The molecule has 0 radical (unpaired) electrons. The van der Waals surface area contributed by atoms with E-state index in [1.165, 1.54) is 0 Å². The summed E-state index contributed by atoms with van der Waals surface area (Å²) in [6, 6.07) is 0. The summed E-state index contributed by atoms with van der Waals surface area (Å²) >= 11 is 0. The van der Waals surface area contributed by atoms with Crippen molar-refractivity contribution in [2.24, 2.45) is 16.2 Å². The average Bonchev–Trinajstić information content (AvgIpc) is 2.31. The van der Waals surface area contributed by atoms with Crippen LogP contribution in [0.2, 0.25) is 0 Å². The summed E-state index contributed by atoms with van der Waals surface area (Å²) in [5, 5.41) is 0. The fourth-order valence-electron chi connectivity index (χ4n) is 2.21. The van der Waals surface area contributed by atoms with Gasteiger partial charge in [-0.25, -0.2) is 0 Å². The van der Waals surface area contributed by atoms with Gasteiger partial charge in [0.2, 0.25) is 0 Å². The van der Waals surface area contributed by atoms with E-state index in [9.17, 15) is 0 Å². The predicted molar refractivity (Wildman–Crippen MR) is 50.5 cm³/mol. The lowest BCUT2D eigenvalue weighted by Gasteiger charge is -2.42. The van der Waals surface area contributed by atoms with Gasteiger partial charge in [0.25, 0.3) is 0 Å². The largest absolute Gasteiger partial charge is 0.0766 e. The topological polar surface area (TPSA) is 0 Å². The van der Waals surface area contributed by atoms with Crippen LogP contribution in [0.4, 0.5) is 0 Å². The van der Waals surface area contributed by atoms with Crippen LogP contribution in [0.25, 0.3) is 0 Å². The summed E-state index contributed by atoms with van der Waals surface area (Å²) in [4.78, 5) is 0. The van der Waals surface area contributed by atoms with Crippen LogP contribution in [0.3, 0.4) is 0 Å². The second kappa shape index (κ2) is 1.91. The Kier molecular flexibility index (Phi) is 1.53. The first-order valence-electron chi connectivity index (χ1n) is 4.41. The molecular formula is C11H20. The Hall–Kier alpha value is -0.260. The van der Waals surface area contributed by atoms with Gasteiger partial charge in [-0.15, -0.1) is 0 Å². The Morgan fingerprint density at radius 3 is 1.00 bits per heavy atom. The van der Waals surface area contributed by atoms with Gasteiger partial charge in [-0.05, 0) is 10.8 Å². The molecule has 64 valence electrons. The molecule has 0 saturated carbocycles. The molecule has 11 heavy (non-hydrogen) atoms. The summed E-state index contributed by atoms with van der Waals surface area (Å²) in [6.45, 7) is 13.9. The first kappa shape index (κ1) is 8.83. The van der Waals surface area contributed by atoms with Crippen molar-refractivity contribution in [3.8, 4) is 0 Å². The molecule has 0 spiro atoms. The monoisotopic (exact) mass is 152 g/mol. The molecule has 0 amide bonds. The van der Waals surface area contributed by atoms with E-state index in [1.54, 1.807) is 0 Å². The SMILES string of the molecule is CC(C)(C)C1(C(C)(C)C)C=C1.